The molecule has 0 saturated carbocycles. The highest BCUT2D eigenvalue weighted by Crippen LogP contribution is 2.53. The molecule has 1 aliphatic rings. The first-order valence-corrected chi connectivity index (χ1v) is 19.2. The number of aromatic nitrogens is 2. The molecule has 10 aromatic rings. The van der Waals surface area contributed by atoms with Crippen LogP contribution in [-0.4, -0.2) is 9.97 Å². The molecule has 2 heterocycles. The number of hydrogen-bond acceptors (Lipinski definition) is 3. The minimum atomic E-state index is -0.144. The molecule has 3 nitrogen and oxygen atoms in total. The molecule has 0 spiro atoms. The number of benzene rings is 8. The van der Waals surface area contributed by atoms with Gasteiger partial charge in [0.2, 0.25) is 0 Å². The van der Waals surface area contributed by atoms with Crippen LogP contribution in [0, 0.1) is 0 Å². The van der Waals surface area contributed by atoms with E-state index in [9.17, 15) is 0 Å². The molecule has 0 atom stereocenters. The summed E-state index contributed by atoms with van der Waals surface area (Å²) < 4.78 is 6.39. The summed E-state index contributed by atoms with van der Waals surface area (Å²) in [6.45, 7) is 4.68. The topological polar surface area (TPSA) is 38.9 Å². The standard InChI is InChI=1S/C53H36N2O/c1-53(2)45-23-12-22-43(50(45)44-30-37-15-6-7-16-38(37)31-46(44)53)48-32-47(54-52(55-48)35-13-4-3-5-14-35)34-27-25-33(26-28-34)36-17-10-18-39(29-36)40-20-11-21-42-41-19-8-9-24-49(41)56-51(40)42/h3-32H,1-2H3. The molecule has 11 rings (SSSR count). The van der Waals surface area contributed by atoms with E-state index in [0.29, 0.717) is 5.82 Å². The van der Waals surface area contributed by atoms with Crippen LogP contribution in [0.25, 0.3) is 100.0 Å². The molecule has 1 aliphatic carbocycles. The van der Waals surface area contributed by atoms with Crippen LogP contribution in [0.15, 0.2) is 186 Å². The Morgan fingerprint density at radius 3 is 1.91 bits per heavy atom. The van der Waals surface area contributed by atoms with Gasteiger partial charge in [-0.1, -0.05) is 166 Å². The van der Waals surface area contributed by atoms with E-state index >= 15 is 0 Å². The van der Waals surface area contributed by atoms with Crippen molar-refractivity contribution in [2.24, 2.45) is 0 Å². The van der Waals surface area contributed by atoms with Crippen molar-refractivity contribution < 1.29 is 4.42 Å². The summed E-state index contributed by atoms with van der Waals surface area (Å²) in [5, 5.41) is 4.78. The van der Waals surface area contributed by atoms with E-state index < -0.39 is 0 Å². The van der Waals surface area contributed by atoms with Crippen LogP contribution in [0.5, 0.6) is 0 Å². The predicted octanol–water partition coefficient (Wildman–Crippen LogP) is 14.2. The van der Waals surface area contributed by atoms with Gasteiger partial charge in [-0.25, -0.2) is 9.97 Å². The van der Waals surface area contributed by atoms with Crippen molar-refractivity contribution >= 4 is 32.7 Å². The second kappa shape index (κ2) is 12.5. The molecule has 0 N–H and O–H groups in total. The summed E-state index contributed by atoms with van der Waals surface area (Å²) in [7, 11) is 0. The Kier molecular flexibility index (Phi) is 7.20. The fourth-order valence-electron chi connectivity index (χ4n) is 8.81. The maximum atomic E-state index is 6.39. The average molecular weight is 717 g/mol. The Morgan fingerprint density at radius 2 is 1.05 bits per heavy atom. The van der Waals surface area contributed by atoms with Crippen molar-refractivity contribution in [1.29, 1.82) is 0 Å². The Balaban J connectivity index is 1.01. The monoisotopic (exact) mass is 716 g/mol. The zero-order valence-electron chi connectivity index (χ0n) is 31.1. The van der Waals surface area contributed by atoms with Gasteiger partial charge in [-0.2, -0.15) is 0 Å². The quantitative estimate of drug-likeness (QED) is 0.178. The van der Waals surface area contributed by atoms with Crippen molar-refractivity contribution in [3.63, 3.8) is 0 Å². The van der Waals surface area contributed by atoms with Gasteiger partial charge in [-0.3, -0.25) is 0 Å². The van der Waals surface area contributed by atoms with E-state index in [-0.39, 0.29) is 5.41 Å². The smallest absolute Gasteiger partial charge is 0.160 e. The largest absolute Gasteiger partial charge is 0.455 e. The van der Waals surface area contributed by atoms with Crippen LogP contribution in [0.4, 0.5) is 0 Å². The molecule has 0 saturated heterocycles. The SMILES string of the molecule is CC1(C)c2cc3ccccc3cc2-c2c(-c3cc(-c4ccc(-c5cccc(-c6cccc7c6oc6ccccc67)c5)cc4)nc(-c4ccccc4)n3)cccc21. The van der Waals surface area contributed by atoms with Gasteiger partial charge in [0, 0.05) is 38.4 Å². The lowest BCUT2D eigenvalue weighted by Gasteiger charge is -2.22. The van der Waals surface area contributed by atoms with Crippen LogP contribution >= 0.6 is 0 Å². The fraction of sp³-hybridized carbons (Fsp3) is 0.0566. The van der Waals surface area contributed by atoms with Gasteiger partial charge in [0.05, 0.1) is 11.4 Å². The molecule has 0 amide bonds. The van der Waals surface area contributed by atoms with Crippen LogP contribution < -0.4 is 0 Å². The molecule has 0 unspecified atom stereocenters. The second-order valence-corrected chi connectivity index (χ2v) is 15.4. The molecule has 0 aliphatic heterocycles. The Morgan fingerprint density at radius 1 is 0.411 bits per heavy atom. The number of nitrogens with zero attached hydrogens (tertiary/aromatic N) is 2. The summed E-state index contributed by atoms with van der Waals surface area (Å²) >= 11 is 0. The van der Waals surface area contributed by atoms with Gasteiger partial charge in [-0.05, 0) is 80.0 Å². The van der Waals surface area contributed by atoms with Crippen LogP contribution in [0.1, 0.15) is 25.0 Å². The van der Waals surface area contributed by atoms with E-state index in [4.69, 9.17) is 14.4 Å². The molecular formula is C53H36N2O. The zero-order valence-corrected chi connectivity index (χ0v) is 31.1. The lowest BCUT2D eigenvalue weighted by molar-refractivity contribution is 0.661. The molecule has 0 fully saturated rings. The van der Waals surface area contributed by atoms with Gasteiger partial charge in [0.15, 0.2) is 5.82 Å². The van der Waals surface area contributed by atoms with E-state index in [1.807, 2.05) is 30.3 Å². The third-order valence-electron chi connectivity index (χ3n) is 11.7. The molecule has 0 radical (unpaired) electrons. The molecule has 264 valence electrons. The molecule has 56 heavy (non-hydrogen) atoms. The number of fused-ring (bicyclic) bond motifs is 7. The summed E-state index contributed by atoms with van der Waals surface area (Å²) in [5.74, 6) is 0.711. The highest BCUT2D eigenvalue weighted by Gasteiger charge is 2.37. The van der Waals surface area contributed by atoms with Crippen molar-refractivity contribution in [1.82, 2.24) is 9.97 Å². The van der Waals surface area contributed by atoms with Crippen molar-refractivity contribution in [2.75, 3.05) is 0 Å². The minimum Gasteiger partial charge on any atom is -0.455 e. The maximum Gasteiger partial charge on any atom is 0.160 e. The van der Waals surface area contributed by atoms with E-state index in [1.54, 1.807) is 0 Å². The molecule has 2 aromatic heterocycles. The van der Waals surface area contributed by atoms with Gasteiger partial charge >= 0.3 is 0 Å². The Hall–Kier alpha value is -7.10. The molecular weight excluding hydrogens is 681 g/mol. The van der Waals surface area contributed by atoms with E-state index in [1.165, 1.54) is 33.0 Å². The highest BCUT2D eigenvalue weighted by atomic mass is 16.3. The van der Waals surface area contributed by atoms with Crippen LogP contribution in [0.2, 0.25) is 0 Å². The molecule has 8 aromatic carbocycles. The third kappa shape index (κ3) is 5.12. The van der Waals surface area contributed by atoms with Crippen molar-refractivity contribution in [3.8, 4) is 67.3 Å². The summed E-state index contributed by atoms with van der Waals surface area (Å²) in [6, 6.07) is 64.7. The van der Waals surface area contributed by atoms with E-state index in [0.717, 1.165) is 72.3 Å². The van der Waals surface area contributed by atoms with Gasteiger partial charge in [0.1, 0.15) is 11.2 Å². The summed E-state index contributed by atoms with van der Waals surface area (Å²) in [6.07, 6.45) is 0. The molecule has 0 bridgehead atoms. The first-order valence-electron chi connectivity index (χ1n) is 19.2. The first-order chi connectivity index (χ1) is 27.5. The maximum absolute atomic E-state index is 6.39. The van der Waals surface area contributed by atoms with Gasteiger partial charge in [-0.15, -0.1) is 0 Å². The van der Waals surface area contributed by atoms with Crippen LogP contribution in [0.3, 0.4) is 0 Å². The van der Waals surface area contributed by atoms with E-state index in [2.05, 4.69) is 166 Å². The predicted molar refractivity (Wildman–Crippen MR) is 232 cm³/mol. The Labute approximate surface area is 325 Å². The normalized spacial score (nSPS) is 13.0. The van der Waals surface area contributed by atoms with Gasteiger partial charge in [0.25, 0.3) is 0 Å². The van der Waals surface area contributed by atoms with Crippen molar-refractivity contribution in [2.45, 2.75) is 19.3 Å². The van der Waals surface area contributed by atoms with Crippen LogP contribution in [-0.2, 0) is 5.41 Å². The lowest BCUT2D eigenvalue weighted by Crippen LogP contribution is -2.14. The second-order valence-electron chi connectivity index (χ2n) is 15.4. The van der Waals surface area contributed by atoms with Crippen molar-refractivity contribution in [3.05, 3.63) is 193 Å². The number of furan rings is 1. The number of para-hydroxylation sites is 2. The number of rotatable bonds is 5. The lowest BCUT2D eigenvalue weighted by atomic mass is 9.81. The average Bonchev–Trinajstić information content (AvgIpc) is 3.75. The number of hydrogen-bond donors (Lipinski definition) is 0. The summed E-state index contributed by atoms with van der Waals surface area (Å²) in [5.41, 5.74) is 16.3. The third-order valence-corrected chi connectivity index (χ3v) is 11.7. The Bertz CT molecular complexity index is 3150. The summed E-state index contributed by atoms with van der Waals surface area (Å²) in [4.78, 5) is 10.5. The molecule has 3 heteroatoms. The van der Waals surface area contributed by atoms with Gasteiger partial charge < -0.3 is 4.42 Å². The fourth-order valence-corrected chi connectivity index (χ4v) is 8.81. The first kappa shape index (κ1) is 32.3. The minimum absolute atomic E-state index is 0.144. The zero-order chi connectivity index (χ0) is 37.4. The highest BCUT2D eigenvalue weighted by molar-refractivity contribution is 6.09.